The number of hydrogen-bond donors (Lipinski definition) is 2. The fourth-order valence-electron chi connectivity index (χ4n) is 1.34. The van der Waals surface area contributed by atoms with Crippen LogP contribution in [0.2, 0.25) is 0 Å². The van der Waals surface area contributed by atoms with Crippen molar-refractivity contribution in [2.24, 2.45) is 0 Å². The van der Waals surface area contributed by atoms with Gasteiger partial charge >= 0.3 is 0 Å². The third-order valence-corrected chi connectivity index (χ3v) is 4.46. The molecule has 0 heterocycles. The summed E-state index contributed by atoms with van der Waals surface area (Å²) in [5, 5.41) is 2.92. The molecule has 0 aliphatic carbocycles. The van der Waals surface area contributed by atoms with Gasteiger partial charge in [-0.25, -0.2) is 13.1 Å². The van der Waals surface area contributed by atoms with Gasteiger partial charge in [-0.05, 0) is 31.6 Å². The van der Waals surface area contributed by atoms with Crippen LogP contribution in [0.1, 0.15) is 12.0 Å². The van der Waals surface area contributed by atoms with Gasteiger partial charge in [-0.15, -0.1) is 0 Å². The first kappa shape index (κ1) is 14.6. The minimum absolute atomic E-state index is 0.151. The highest BCUT2D eigenvalue weighted by molar-refractivity contribution is 9.10. The van der Waals surface area contributed by atoms with Crippen LogP contribution in [0, 0.1) is 0 Å². The minimum Gasteiger partial charge on any atom is -0.320 e. The Balaban J connectivity index is 2.47. The lowest BCUT2D eigenvalue weighted by molar-refractivity contribution is 0.577. The van der Waals surface area contributed by atoms with Crippen molar-refractivity contribution in [1.29, 1.82) is 0 Å². The van der Waals surface area contributed by atoms with Crippen LogP contribution in [-0.4, -0.2) is 27.8 Å². The van der Waals surface area contributed by atoms with Crippen LogP contribution in [0.3, 0.4) is 0 Å². The van der Waals surface area contributed by atoms with Crippen LogP contribution in [0.4, 0.5) is 0 Å². The van der Waals surface area contributed by atoms with E-state index < -0.39 is 10.0 Å². The molecule has 0 atom stereocenters. The van der Waals surface area contributed by atoms with Crippen molar-refractivity contribution in [1.82, 2.24) is 10.0 Å². The predicted octanol–water partition coefficient (Wildman–Crippen LogP) is 1.48. The molecule has 0 bridgehead atoms. The SMILES string of the molecule is CNCCCS(=O)(=O)NCc1ccccc1Br. The van der Waals surface area contributed by atoms with Crippen molar-refractivity contribution in [3.8, 4) is 0 Å². The number of benzene rings is 1. The van der Waals surface area contributed by atoms with Crippen molar-refractivity contribution < 1.29 is 8.42 Å². The number of halogens is 1. The van der Waals surface area contributed by atoms with E-state index in [2.05, 4.69) is 26.0 Å². The molecule has 0 saturated carbocycles. The van der Waals surface area contributed by atoms with Gasteiger partial charge in [-0.2, -0.15) is 0 Å². The summed E-state index contributed by atoms with van der Waals surface area (Å²) in [6, 6.07) is 7.56. The lowest BCUT2D eigenvalue weighted by Gasteiger charge is -2.07. The molecule has 6 heteroatoms. The van der Waals surface area contributed by atoms with Crippen LogP contribution in [0.25, 0.3) is 0 Å². The maximum atomic E-state index is 11.6. The second-order valence-electron chi connectivity index (χ2n) is 3.69. The molecule has 0 spiro atoms. The lowest BCUT2D eigenvalue weighted by Crippen LogP contribution is -2.27. The Morgan fingerprint density at radius 3 is 2.65 bits per heavy atom. The van der Waals surface area contributed by atoms with Gasteiger partial charge in [0.1, 0.15) is 0 Å². The molecule has 0 saturated heterocycles. The van der Waals surface area contributed by atoms with Crippen molar-refractivity contribution in [3.63, 3.8) is 0 Å². The Bertz CT molecular complexity index is 449. The number of nitrogens with one attached hydrogen (secondary N) is 2. The van der Waals surface area contributed by atoms with E-state index in [0.717, 1.165) is 10.0 Å². The largest absolute Gasteiger partial charge is 0.320 e. The molecule has 0 aliphatic heterocycles. The van der Waals surface area contributed by atoms with E-state index in [-0.39, 0.29) is 5.75 Å². The van der Waals surface area contributed by atoms with Gasteiger partial charge in [-0.3, -0.25) is 0 Å². The summed E-state index contributed by atoms with van der Waals surface area (Å²) in [7, 11) is -1.37. The van der Waals surface area contributed by atoms with Gasteiger partial charge in [0.25, 0.3) is 0 Å². The minimum atomic E-state index is -3.18. The first-order valence-corrected chi connectivity index (χ1v) is 7.85. The average Bonchev–Trinajstić information content (AvgIpc) is 2.28. The van der Waals surface area contributed by atoms with Gasteiger partial charge in [0, 0.05) is 11.0 Å². The molecule has 0 unspecified atom stereocenters. The lowest BCUT2D eigenvalue weighted by atomic mass is 10.2. The monoisotopic (exact) mass is 320 g/mol. The molecule has 17 heavy (non-hydrogen) atoms. The summed E-state index contributed by atoms with van der Waals surface area (Å²) in [4.78, 5) is 0. The zero-order chi connectivity index (χ0) is 12.7. The van der Waals surface area contributed by atoms with Crippen molar-refractivity contribution in [2.45, 2.75) is 13.0 Å². The molecule has 0 aliphatic rings. The van der Waals surface area contributed by atoms with E-state index in [9.17, 15) is 8.42 Å². The van der Waals surface area contributed by atoms with Crippen LogP contribution in [-0.2, 0) is 16.6 Å². The molecule has 2 N–H and O–H groups in total. The van der Waals surface area contributed by atoms with Gasteiger partial charge in [0.2, 0.25) is 10.0 Å². The summed E-state index contributed by atoms with van der Waals surface area (Å²) >= 11 is 3.38. The second kappa shape index (κ2) is 7.10. The molecule has 0 fully saturated rings. The summed E-state index contributed by atoms with van der Waals surface area (Å²) in [5.74, 6) is 0.151. The predicted molar refractivity (Wildman–Crippen MR) is 73.3 cm³/mol. The van der Waals surface area contributed by atoms with Gasteiger partial charge in [0.05, 0.1) is 5.75 Å². The zero-order valence-electron chi connectivity index (χ0n) is 9.74. The van der Waals surface area contributed by atoms with Gasteiger partial charge < -0.3 is 5.32 Å². The fraction of sp³-hybridized carbons (Fsp3) is 0.455. The maximum Gasteiger partial charge on any atom is 0.211 e. The summed E-state index contributed by atoms with van der Waals surface area (Å²) < 4.78 is 26.8. The Morgan fingerprint density at radius 2 is 2.00 bits per heavy atom. The van der Waals surface area contributed by atoms with Crippen LogP contribution in [0.5, 0.6) is 0 Å². The van der Waals surface area contributed by atoms with E-state index in [1.54, 1.807) is 7.05 Å². The average molecular weight is 321 g/mol. The van der Waals surface area contributed by atoms with Gasteiger partial charge in [-0.1, -0.05) is 34.1 Å². The number of rotatable bonds is 7. The van der Waals surface area contributed by atoms with Crippen molar-refractivity contribution >= 4 is 26.0 Å². The Hall–Kier alpha value is -0.430. The highest BCUT2D eigenvalue weighted by Gasteiger charge is 2.09. The van der Waals surface area contributed by atoms with Crippen molar-refractivity contribution in [3.05, 3.63) is 34.3 Å². The smallest absolute Gasteiger partial charge is 0.211 e. The van der Waals surface area contributed by atoms with E-state index >= 15 is 0 Å². The standard InChI is InChI=1S/C11H17BrN2O2S/c1-13-7-4-8-17(15,16)14-9-10-5-2-3-6-11(10)12/h2-3,5-6,13-14H,4,7-9H2,1H3. The topological polar surface area (TPSA) is 58.2 Å². The quantitative estimate of drug-likeness (QED) is 0.748. The maximum absolute atomic E-state index is 11.6. The van der Waals surface area contributed by atoms with Crippen molar-refractivity contribution in [2.75, 3.05) is 19.3 Å². The summed E-state index contributed by atoms with van der Waals surface area (Å²) in [6.07, 6.45) is 0.613. The highest BCUT2D eigenvalue weighted by Crippen LogP contribution is 2.15. The second-order valence-corrected chi connectivity index (χ2v) is 6.47. The number of sulfonamides is 1. The molecule has 0 amide bonds. The molecular weight excluding hydrogens is 304 g/mol. The normalized spacial score (nSPS) is 11.6. The molecular formula is C11H17BrN2O2S. The Morgan fingerprint density at radius 1 is 1.29 bits per heavy atom. The highest BCUT2D eigenvalue weighted by atomic mass is 79.9. The van der Waals surface area contributed by atoms with Crippen LogP contribution < -0.4 is 10.0 Å². The Labute approximate surface area is 111 Å². The molecule has 96 valence electrons. The third kappa shape index (κ3) is 5.63. The van der Waals surface area contributed by atoms with E-state index in [0.29, 0.717) is 19.5 Å². The third-order valence-electron chi connectivity index (χ3n) is 2.28. The fourth-order valence-corrected chi connectivity index (χ4v) is 2.81. The molecule has 1 rings (SSSR count). The molecule has 0 radical (unpaired) electrons. The summed E-state index contributed by atoms with van der Waals surface area (Å²) in [5.41, 5.74) is 0.935. The van der Waals surface area contributed by atoms with Crippen LogP contribution >= 0.6 is 15.9 Å². The van der Waals surface area contributed by atoms with E-state index in [4.69, 9.17) is 0 Å². The van der Waals surface area contributed by atoms with E-state index in [1.807, 2.05) is 24.3 Å². The molecule has 4 nitrogen and oxygen atoms in total. The molecule has 1 aromatic rings. The number of hydrogen-bond acceptors (Lipinski definition) is 3. The zero-order valence-corrected chi connectivity index (χ0v) is 12.1. The molecule has 1 aromatic carbocycles. The van der Waals surface area contributed by atoms with Gasteiger partial charge in [0.15, 0.2) is 0 Å². The first-order chi connectivity index (χ1) is 8.05. The van der Waals surface area contributed by atoms with E-state index in [1.165, 1.54) is 0 Å². The first-order valence-electron chi connectivity index (χ1n) is 5.40. The Kier molecular flexibility index (Phi) is 6.11. The summed E-state index contributed by atoms with van der Waals surface area (Å²) in [6.45, 7) is 1.03. The molecule has 0 aromatic heterocycles. The van der Waals surface area contributed by atoms with Crippen LogP contribution in [0.15, 0.2) is 28.7 Å².